The van der Waals surface area contributed by atoms with E-state index in [9.17, 15) is 27.7 Å². The first kappa shape index (κ1) is 19.9. The molecule has 9 heteroatoms. The minimum Gasteiger partial charge on any atom is -0.339 e. The molecule has 0 aromatic heterocycles. The zero-order valence-corrected chi connectivity index (χ0v) is 15.8. The van der Waals surface area contributed by atoms with Crippen molar-refractivity contribution in [1.29, 1.82) is 0 Å². The quantitative estimate of drug-likeness (QED) is 0.560. The Morgan fingerprint density at radius 2 is 1.79 bits per heavy atom. The predicted molar refractivity (Wildman–Crippen MR) is 100 cm³/mol. The van der Waals surface area contributed by atoms with E-state index in [-0.39, 0.29) is 17.0 Å². The summed E-state index contributed by atoms with van der Waals surface area (Å²) < 4.78 is 39.2. The molecule has 2 aromatic carbocycles. The zero-order valence-electron chi connectivity index (χ0n) is 15.0. The highest BCUT2D eigenvalue weighted by molar-refractivity contribution is 7.90. The molecule has 1 aliphatic heterocycles. The molecule has 0 unspecified atom stereocenters. The fourth-order valence-corrected chi connectivity index (χ4v) is 4.76. The van der Waals surface area contributed by atoms with Gasteiger partial charge in [0.05, 0.1) is 10.7 Å². The Hall–Kier alpha value is -2.81. The van der Waals surface area contributed by atoms with Crippen molar-refractivity contribution < 1.29 is 22.5 Å². The minimum atomic E-state index is -4.19. The highest BCUT2D eigenvalue weighted by atomic mass is 32.2. The second kappa shape index (κ2) is 8.05. The van der Waals surface area contributed by atoms with Gasteiger partial charge in [-0.15, -0.1) is 0 Å². The van der Waals surface area contributed by atoms with E-state index >= 15 is 0 Å². The molecular formula is C19H19FN2O5S. The molecule has 0 atom stereocenters. The van der Waals surface area contributed by atoms with Gasteiger partial charge in [-0.1, -0.05) is 18.2 Å². The number of nitro benzene ring substituents is 1. The van der Waals surface area contributed by atoms with Crippen LogP contribution in [0.4, 0.5) is 10.1 Å². The molecule has 28 heavy (non-hydrogen) atoms. The second-order valence-electron chi connectivity index (χ2n) is 6.64. The molecule has 1 heterocycles. The van der Waals surface area contributed by atoms with Crippen LogP contribution in [-0.2, 0) is 15.6 Å². The van der Waals surface area contributed by atoms with Crippen LogP contribution in [0.25, 0.3) is 0 Å². The number of hydrogen-bond donors (Lipinski definition) is 0. The van der Waals surface area contributed by atoms with Gasteiger partial charge >= 0.3 is 0 Å². The Balaban J connectivity index is 1.96. The van der Waals surface area contributed by atoms with Gasteiger partial charge in [0.25, 0.3) is 11.6 Å². The van der Waals surface area contributed by atoms with Crippen LogP contribution in [0.5, 0.6) is 0 Å². The summed E-state index contributed by atoms with van der Waals surface area (Å²) in [6.07, 6.45) is 2.75. The molecule has 148 valence electrons. The largest absolute Gasteiger partial charge is 0.339 e. The molecule has 1 aliphatic rings. The molecule has 1 fully saturated rings. The molecule has 0 radical (unpaired) electrons. The lowest BCUT2D eigenvalue weighted by Gasteiger charge is -2.26. The van der Waals surface area contributed by atoms with Crippen LogP contribution in [0.15, 0.2) is 47.4 Å². The molecule has 0 spiro atoms. The van der Waals surface area contributed by atoms with E-state index in [1.807, 2.05) is 0 Å². The first-order chi connectivity index (χ1) is 13.3. The SMILES string of the molecule is O=C(c1ccc(S(=O)(=O)Cc2ccccc2F)c([N+](=O)[O-])c1)N1CCCCC1. The number of piperidine rings is 1. The van der Waals surface area contributed by atoms with Crippen molar-refractivity contribution in [3.05, 3.63) is 69.5 Å². The fourth-order valence-electron chi connectivity index (χ4n) is 3.23. The normalized spacial score (nSPS) is 14.7. The molecule has 2 aromatic rings. The smallest absolute Gasteiger partial charge is 0.288 e. The van der Waals surface area contributed by atoms with Crippen LogP contribution in [0.3, 0.4) is 0 Å². The van der Waals surface area contributed by atoms with Crippen LogP contribution in [-0.4, -0.2) is 37.2 Å². The molecule has 0 aliphatic carbocycles. The Bertz CT molecular complexity index is 1020. The number of rotatable bonds is 5. The van der Waals surface area contributed by atoms with Crippen molar-refractivity contribution in [1.82, 2.24) is 4.90 Å². The fraction of sp³-hybridized carbons (Fsp3) is 0.316. The summed E-state index contributed by atoms with van der Waals surface area (Å²) in [5.41, 5.74) is -0.692. The number of benzene rings is 2. The lowest BCUT2D eigenvalue weighted by molar-refractivity contribution is -0.387. The zero-order chi connectivity index (χ0) is 20.3. The van der Waals surface area contributed by atoms with E-state index in [0.717, 1.165) is 37.5 Å². The third-order valence-corrected chi connectivity index (χ3v) is 6.39. The third kappa shape index (κ3) is 4.19. The van der Waals surface area contributed by atoms with Crippen LogP contribution < -0.4 is 0 Å². The number of sulfone groups is 1. The predicted octanol–water partition coefficient (Wildman–Crippen LogP) is 3.33. The molecule has 3 rings (SSSR count). The molecule has 1 saturated heterocycles. The van der Waals surface area contributed by atoms with Gasteiger partial charge < -0.3 is 4.90 Å². The highest BCUT2D eigenvalue weighted by Gasteiger charge is 2.29. The van der Waals surface area contributed by atoms with Crippen LogP contribution in [0.1, 0.15) is 35.2 Å². The third-order valence-electron chi connectivity index (χ3n) is 4.68. The number of halogens is 1. The molecule has 7 nitrogen and oxygen atoms in total. The van der Waals surface area contributed by atoms with E-state index in [2.05, 4.69) is 0 Å². The number of hydrogen-bond acceptors (Lipinski definition) is 5. The molecule has 0 N–H and O–H groups in total. The van der Waals surface area contributed by atoms with Gasteiger partial charge in [0.1, 0.15) is 10.7 Å². The van der Waals surface area contributed by atoms with Gasteiger partial charge in [0.2, 0.25) is 0 Å². The topological polar surface area (TPSA) is 97.6 Å². The standard InChI is InChI=1S/C19H19FN2O5S/c20-16-7-3-2-6-15(16)13-28(26,27)18-9-8-14(12-17(18)22(24)25)19(23)21-10-4-1-5-11-21/h2-3,6-9,12H,1,4-5,10-11,13H2. The number of carbonyl (C=O) groups is 1. The van der Waals surface area contributed by atoms with Gasteiger partial charge in [0.15, 0.2) is 9.84 Å². The number of likely N-dealkylation sites (tertiary alicyclic amines) is 1. The Morgan fingerprint density at radius 1 is 1.11 bits per heavy atom. The monoisotopic (exact) mass is 406 g/mol. The molecule has 0 bridgehead atoms. The van der Waals surface area contributed by atoms with Crippen molar-refractivity contribution >= 4 is 21.4 Å². The van der Waals surface area contributed by atoms with Gasteiger partial charge in [-0.2, -0.15) is 0 Å². The summed E-state index contributed by atoms with van der Waals surface area (Å²) in [6.45, 7) is 1.14. The first-order valence-corrected chi connectivity index (χ1v) is 10.5. The maximum atomic E-state index is 13.8. The molecule has 1 amide bonds. The van der Waals surface area contributed by atoms with Crippen molar-refractivity contribution in [3.63, 3.8) is 0 Å². The minimum absolute atomic E-state index is 0.0680. The summed E-state index contributed by atoms with van der Waals surface area (Å²) in [7, 11) is -4.19. The van der Waals surface area contributed by atoms with Crippen molar-refractivity contribution in [2.24, 2.45) is 0 Å². The second-order valence-corrected chi connectivity index (χ2v) is 8.60. The number of amides is 1. The van der Waals surface area contributed by atoms with Gasteiger partial charge in [-0.05, 0) is 37.5 Å². The number of carbonyl (C=O) groups excluding carboxylic acids is 1. The van der Waals surface area contributed by atoms with Gasteiger partial charge in [0, 0.05) is 30.3 Å². The van der Waals surface area contributed by atoms with Crippen molar-refractivity contribution in [2.45, 2.75) is 29.9 Å². The Morgan fingerprint density at radius 3 is 2.43 bits per heavy atom. The lowest BCUT2D eigenvalue weighted by atomic mass is 10.1. The lowest BCUT2D eigenvalue weighted by Crippen LogP contribution is -2.35. The Kier molecular flexibility index (Phi) is 5.73. The van der Waals surface area contributed by atoms with Crippen molar-refractivity contribution in [2.75, 3.05) is 13.1 Å². The average Bonchev–Trinajstić information content (AvgIpc) is 2.69. The maximum Gasteiger partial charge on any atom is 0.288 e. The highest BCUT2D eigenvalue weighted by Crippen LogP contribution is 2.29. The summed E-state index contributed by atoms with van der Waals surface area (Å²) in [4.78, 5) is 24.3. The Labute approximate surface area is 161 Å². The van der Waals surface area contributed by atoms with E-state index in [1.54, 1.807) is 4.90 Å². The van der Waals surface area contributed by atoms with Crippen LogP contribution in [0.2, 0.25) is 0 Å². The summed E-state index contributed by atoms with van der Waals surface area (Å²) in [6, 6.07) is 8.68. The maximum absolute atomic E-state index is 13.8. The van der Waals surface area contributed by atoms with E-state index in [4.69, 9.17) is 0 Å². The number of nitrogens with zero attached hydrogens (tertiary/aromatic N) is 2. The van der Waals surface area contributed by atoms with Crippen molar-refractivity contribution in [3.8, 4) is 0 Å². The summed E-state index contributed by atoms with van der Waals surface area (Å²) >= 11 is 0. The van der Waals surface area contributed by atoms with Crippen LogP contribution in [0, 0.1) is 15.9 Å². The van der Waals surface area contributed by atoms with E-state index in [1.165, 1.54) is 24.3 Å². The summed E-state index contributed by atoms with van der Waals surface area (Å²) in [5.74, 6) is -1.77. The van der Waals surface area contributed by atoms with Gasteiger partial charge in [-0.3, -0.25) is 14.9 Å². The van der Waals surface area contributed by atoms with Gasteiger partial charge in [-0.25, -0.2) is 12.8 Å². The summed E-state index contributed by atoms with van der Waals surface area (Å²) in [5, 5.41) is 11.5. The number of nitro groups is 1. The van der Waals surface area contributed by atoms with E-state index < -0.39 is 36.9 Å². The first-order valence-electron chi connectivity index (χ1n) is 8.83. The molecular weight excluding hydrogens is 387 g/mol. The van der Waals surface area contributed by atoms with E-state index in [0.29, 0.717) is 13.1 Å². The molecule has 0 saturated carbocycles. The average molecular weight is 406 g/mol. The van der Waals surface area contributed by atoms with Crippen LogP contribution >= 0.6 is 0 Å².